The van der Waals surface area contributed by atoms with Crippen LogP contribution in [0.5, 0.6) is 0 Å². The van der Waals surface area contributed by atoms with Crippen molar-refractivity contribution in [2.45, 2.75) is 18.8 Å². The Balaban J connectivity index is 2.11. The van der Waals surface area contributed by atoms with E-state index in [2.05, 4.69) is 10.3 Å². The van der Waals surface area contributed by atoms with Gasteiger partial charge in [0, 0.05) is 12.5 Å². The van der Waals surface area contributed by atoms with Gasteiger partial charge in [-0.1, -0.05) is 0 Å². The maximum Gasteiger partial charge on any atom is 0.260 e. The molecule has 0 radical (unpaired) electrons. The number of hydrogen-bond donors (Lipinski definition) is 2. The number of carbonyl (C=O) groups excluding carboxylic acids is 1. The van der Waals surface area contributed by atoms with Crippen LogP contribution < -0.4 is 11.1 Å². The summed E-state index contributed by atoms with van der Waals surface area (Å²) in [5, 5.41) is 4.36. The van der Waals surface area contributed by atoms with E-state index < -0.39 is 0 Å². The van der Waals surface area contributed by atoms with Crippen molar-refractivity contribution >= 4 is 17.2 Å². The first-order valence-electron chi connectivity index (χ1n) is 4.73. The minimum atomic E-state index is -0.377. The quantitative estimate of drug-likeness (QED) is 0.757. The monoisotopic (exact) mass is 211 g/mol. The van der Waals surface area contributed by atoms with Crippen molar-refractivity contribution in [3.63, 3.8) is 0 Å². The van der Waals surface area contributed by atoms with Crippen LogP contribution in [0.15, 0.2) is 6.20 Å². The van der Waals surface area contributed by atoms with Gasteiger partial charge in [0.1, 0.15) is 4.88 Å². The molecule has 1 aliphatic rings. The number of rotatable bonds is 2. The summed E-state index contributed by atoms with van der Waals surface area (Å²) in [7, 11) is 0. The minimum absolute atomic E-state index is 0.377. The van der Waals surface area contributed by atoms with Crippen molar-refractivity contribution in [2.75, 3.05) is 13.1 Å². The van der Waals surface area contributed by atoms with Gasteiger partial charge in [0.05, 0.1) is 11.2 Å². The molecule has 0 aliphatic carbocycles. The van der Waals surface area contributed by atoms with Gasteiger partial charge in [0.15, 0.2) is 0 Å². The summed E-state index contributed by atoms with van der Waals surface area (Å²) in [6.07, 6.45) is 3.91. The minimum Gasteiger partial charge on any atom is -0.365 e. The number of nitrogens with zero attached hydrogens (tertiary/aromatic N) is 1. The molecular formula is C9H13N3OS. The van der Waals surface area contributed by atoms with Gasteiger partial charge in [0.2, 0.25) is 0 Å². The van der Waals surface area contributed by atoms with E-state index in [9.17, 15) is 4.79 Å². The number of nitrogens with one attached hydrogen (secondary N) is 1. The molecule has 14 heavy (non-hydrogen) atoms. The van der Waals surface area contributed by atoms with E-state index in [1.165, 1.54) is 17.8 Å². The second-order valence-electron chi connectivity index (χ2n) is 3.47. The molecule has 0 saturated carbocycles. The van der Waals surface area contributed by atoms with E-state index in [0.29, 0.717) is 10.8 Å². The average molecular weight is 211 g/mol. The van der Waals surface area contributed by atoms with Gasteiger partial charge in [-0.2, -0.15) is 0 Å². The van der Waals surface area contributed by atoms with E-state index in [0.717, 1.165) is 24.5 Å². The van der Waals surface area contributed by atoms with Gasteiger partial charge in [-0.3, -0.25) is 4.79 Å². The maximum absolute atomic E-state index is 10.9. The highest BCUT2D eigenvalue weighted by Crippen LogP contribution is 2.26. The lowest BCUT2D eigenvalue weighted by molar-refractivity contribution is 0.100. The number of primary amides is 1. The van der Waals surface area contributed by atoms with Crippen molar-refractivity contribution in [3.05, 3.63) is 16.1 Å². The summed E-state index contributed by atoms with van der Waals surface area (Å²) in [6, 6.07) is 0. The summed E-state index contributed by atoms with van der Waals surface area (Å²) in [5.74, 6) is 0.0827. The Morgan fingerprint density at radius 1 is 1.71 bits per heavy atom. The van der Waals surface area contributed by atoms with Crippen LogP contribution in [-0.2, 0) is 0 Å². The molecule has 2 heterocycles. The van der Waals surface area contributed by atoms with Gasteiger partial charge in [-0.25, -0.2) is 4.98 Å². The summed E-state index contributed by atoms with van der Waals surface area (Å²) >= 11 is 1.42. The van der Waals surface area contributed by atoms with Crippen LogP contribution in [0.25, 0.3) is 0 Å². The van der Waals surface area contributed by atoms with Crippen LogP contribution in [-0.4, -0.2) is 24.0 Å². The molecule has 76 valence electrons. The number of aromatic nitrogens is 1. The number of nitrogens with two attached hydrogens (primary N) is 1. The lowest BCUT2D eigenvalue weighted by Gasteiger charge is -2.20. The van der Waals surface area contributed by atoms with Gasteiger partial charge in [-0.15, -0.1) is 11.3 Å². The molecule has 1 atom stereocenters. The Bertz CT molecular complexity index is 331. The highest BCUT2D eigenvalue weighted by molar-refractivity contribution is 7.13. The SMILES string of the molecule is NC(=O)c1cnc(C2CCCNC2)s1. The average Bonchev–Trinajstić information content (AvgIpc) is 2.68. The van der Waals surface area contributed by atoms with Crippen molar-refractivity contribution < 1.29 is 4.79 Å². The molecule has 1 aromatic rings. The molecule has 1 aromatic heterocycles. The summed E-state index contributed by atoms with van der Waals surface area (Å²) < 4.78 is 0. The smallest absolute Gasteiger partial charge is 0.260 e. The van der Waals surface area contributed by atoms with E-state index in [4.69, 9.17) is 5.73 Å². The third kappa shape index (κ3) is 1.93. The normalized spacial score (nSPS) is 22.1. The van der Waals surface area contributed by atoms with Gasteiger partial charge in [-0.05, 0) is 19.4 Å². The van der Waals surface area contributed by atoms with Gasteiger partial charge < -0.3 is 11.1 Å². The zero-order valence-corrected chi connectivity index (χ0v) is 8.64. The summed E-state index contributed by atoms with van der Waals surface area (Å²) in [5.41, 5.74) is 5.17. The zero-order valence-electron chi connectivity index (χ0n) is 7.82. The molecular weight excluding hydrogens is 198 g/mol. The molecule has 0 bridgehead atoms. The Labute approximate surface area is 86.5 Å². The van der Waals surface area contributed by atoms with Crippen molar-refractivity contribution in [2.24, 2.45) is 5.73 Å². The maximum atomic E-state index is 10.9. The molecule has 1 fully saturated rings. The highest BCUT2D eigenvalue weighted by atomic mass is 32.1. The molecule has 1 aliphatic heterocycles. The molecule has 0 spiro atoms. The van der Waals surface area contributed by atoms with Crippen LogP contribution in [0.2, 0.25) is 0 Å². The molecule has 3 N–H and O–H groups in total. The fraction of sp³-hybridized carbons (Fsp3) is 0.556. The van der Waals surface area contributed by atoms with E-state index in [1.807, 2.05) is 0 Å². The van der Waals surface area contributed by atoms with Crippen molar-refractivity contribution in [1.82, 2.24) is 10.3 Å². The van der Waals surface area contributed by atoms with Gasteiger partial charge >= 0.3 is 0 Å². The van der Waals surface area contributed by atoms with E-state index >= 15 is 0 Å². The van der Waals surface area contributed by atoms with Crippen molar-refractivity contribution in [1.29, 1.82) is 0 Å². The first kappa shape index (κ1) is 9.61. The Hall–Kier alpha value is -0.940. The molecule has 1 amide bonds. The highest BCUT2D eigenvalue weighted by Gasteiger charge is 2.19. The first-order valence-corrected chi connectivity index (χ1v) is 5.55. The van der Waals surface area contributed by atoms with Crippen LogP contribution >= 0.6 is 11.3 Å². The van der Waals surface area contributed by atoms with Gasteiger partial charge in [0.25, 0.3) is 5.91 Å². The fourth-order valence-corrected chi connectivity index (χ4v) is 2.56. The zero-order chi connectivity index (χ0) is 9.97. The predicted molar refractivity (Wildman–Crippen MR) is 55.5 cm³/mol. The number of thiazole rings is 1. The van der Waals surface area contributed by atoms with Crippen LogP contribution in [0, 0.1) is 0 Å². The number of piperidine rings is 1. The largest absolute Gasteiger partial charge is 0.365 e. The molecule has 0 aromatic carbocycles. The number of carbonyl (C=O) groups is 1. The second-order valence-corrected chi connectivity index (χ2v) is 4.53. The Kier molecular flexibility index (Phi) is 2.79. The molecule has 5 heteroatoms. The lowest BCUT2D eigenvalue weighted by atomic mass is 10.0. The second kappa shape index (κ2) is 4.06. The first-order chi connectivity index (χ1) is 6.77. The third-order valence-corrected chi connectivity index (χ3v) is 3.59. The Morgan fingerprint density at radius 3 is 3.14 bits per heavy atom. The summed E-state index contributed by atoms with van der Waals surface area (Å²) in [4.78, 5) is 15.7. The van der Waals surface area contributed by atoms with Crippen LogP contribution in [0.4, 0.5) is 0 Å². The number of hydrogen-bond acceptors (Lipinski definition) is 4. The number of amides is 1. The molecule has 4 nitrogen and oxygen atoms in total. The lowest BCUT2D eigenvalue weighted by Crippen LogP contribution is -2.28. The Morgan fingerprint density at radius 2 is 2.57 bits per heavy atom. The molecule has 1 unspecified atom stereocenters. The van der Waals surface area contributed by atoms with E-state index in [-0.39, 0.29) is 5.91 Å². The molecule has 2 rings (SSSR count). The van der Waals surface area contributed by atoms with E-state index in [1.54, 1.807) is 6.20 Å². The predicted octanol–water partition coefficient (Wildman–Crippen LogP) is 0.709. The van der Waals surface area contributed by atoms with Crippen LogP contribution in [0.1, 0.15) is 33.4 Å². The molecule has 1 saturated heterocycles. The summed E-state index contributed by atoms with van der Waals surface area (Å²) in [6.45, 7) is 2.05. The topological polar surface area (TPSA) is 68.0 Å². The standard InChI is InChI=1S/C9H13N3OS/c10-8(13)7-5-12-9(14-7)6-2-1-3-11-4-6/h5-6,11H,1-4H2,(H2,10,13). The van der Waals surface area contributed by atoms with Crippen molar-refractivity contribution in [3.8, 4) is 0 Å². The van der Waals surface area contributed by atoms with Crippen LogP contribution in [0.3, 0.4) is 0 Å². The fourth-order valence-electron chi connectivity index (χ4n) is 1.65. The third-order valence-electron chi connectivity index (χ3n) is 2.41.